The van der Waals surface area contributed by atoms with Crippen LogP contribution in [-0.2, 0) is 0 Å². The van der Waals surface area contributed by atoms with Gasteiger partial charge in [0.25, 0.3) is 0 Å². The summed E-state index contributed by atoms with van der Waals surface area (Å²) in [4.78, 5) is 12.2. The van der Waals surface area contributed by atoms with E-state index in [0.717, 1.165) is 0 Å². The molecule has 0 saturated heterocycles. The molecule has 2 N–H and O–H groups in total. The first-order valence-corrected chi connectivity index (χ1v) is 7.56. The lowest BCUT2D eigenvalue weighted by Gasteiger charge is -2.19. The van der Waals surface area contributed by atoms with Crippen molar-refractivity contribution in [2.24, 2.45) is 0 Å². The number of anilines is 2. The molecule has 3 heterocycles. The second kappa shape index (κ2) is 5.89. The summed E-state index contributed by atoms with van der Waals surface area (Å²) in [6.45, 7) is 0.994. The van der Waals surface area contributed by atoms with Gasteiger partial charge in [0.1, 0.15) is 18.4 Å². The molecule has 2 aromatic heterocycles. The van der Waals surface area contributed by atoms with Gasteiger partial charge in [-0.1, -0.05) is 17.7 Å². The van der Waals surface area contributed by atoms with Crippen molar-refractivity contribution in [1.82, 2.24) is 14.6 Å². The van der Waals surface area contributed by atoms with Gasteiger partial charge in [0.2, 0.25) is 5.95 Å². The molecule has 0 fully saturated rings. The summed E-state index contributed by atoms with van der Waals surface area (Å²) in [5, 5.41) is 13.6. The predicted molar refractivity (Wildman–Crippen MR) is 88.1 cm³/mol. The molecule has 9 heteroatoms. The zero-order valence-corrected chi connectivity index (χ0v) is 13.1. The second-order valence-electron chi connectivity index (χ2n) is 5.00. The molecule has 4 rings (SSSR count). The summed E-state index contributed by atoms with van der Waals surface area (Å²) in [7, 11) is 0. The van der Waals surface area contributed by atoms with Gasteiger partial charge in [0.15, 0.2) is 17.1 Å². The Kier molecular flexibility index (Phi) is 3.58. The molecular weight excluding hydrogens is 334 g/mol. The van der Waals surface area contributed by atoms with Crippen LogP contribution in [0.2, 0.25) is 5.15 Å². The van der Waals surface area contributed by atoms with E-state index < -0.39 is 6.03 Å². The monoisotopic (exact) mass is 345 g/mol. The number of urea groups is 1. The molecule has 2 amide bonds. The Morgan fingerprint density at radius 2 is 1.92 bits per heavy atom. The minimum Gasteiger partial charge on any atom is -0.486 e. The quantitative estimate of drug-likeness (QED) is 0.697. The van der Waals surface area contributed by atoms with Crippen LogP contribution in [0.15, 0.2) is 36.4 Å². The summed E-state index contributed by atoms with van der Waals surface area (Å²) in [6.07, 6.45) is 0. The van der Waals surface area contributed by atoms with Crippen molar-refractivity contribution in [3.05, 3.63) is 41.6 Å². The maximum atomic E-state index is 12.2. The van der Waals surface area contributed by atoms with Crippen LogP contribution in [0.25, 0.3) is 5.65 Å². The van der Waals surface area contributed by atoms with Crippen molar-refractivity contribution in [2.75, 3.05) is 23.8 Å². The predicted octanol–water partition coefficient (Wildman–Crippen LogP) is 2.80. The molecule has 0 saturated carbocycles. The van der Waals surface area contributed by atoms with E-state index in [9.17, 15) is 4.79 Å². The molecule has 1 aliphatic heterocycles. The van der Waals surface area contributed by atoms with Crippen LogP contribution in [0.4, 0.5) is 16.4 Å². The lowest BCUT2D eigenvalue weighted by atomic mass is 10.2. The normalized spacial score (nSPS) is 12.9. The number of halogens is 1. The van der Waals surface area contributed by atoms with Gasteiger partial charge in [-0.3, -0.25) is 9.72 Å². The van der Waals surface area contributed by atoms with Crippen LogP contribution in [0.1, 0.15) is 0 Å². The van der Waals surface area contributed by atoms with Gasteiger partial charge in [-0.2, -0.15) is 0 Å². The van der Waals surface area contributed by atoms with Crippen LogP contribution < -0.4 is 20.1 Å². The molecule has 1 aliphatic rings. The van der Waals surface area contributed by atoms with E-state index in [1.54, 1.807) is 36.4 Å². The number of fused-ring (bicyclic) bond motifs is 2. The van der Waals surface area contributed by atoms with E-state index in [-0.39, 0.29) is 5.95 Å². The first kappa shape index (κ1) is 14.6. The summed E-state index contributed by atoms with van der Waals surface area (Å²) < 4.78 is 12.5. The number of hydrogen-bond donors (Lipinski definition) is 2. The van der Waals surface area contributed by atoms with E-state index in [0.29, 0.717) is 41.2 Å². The highest BCUT2D eigenvalue weighted by Crippen LogP contribution is 2.32. The SMILES string of the molecule is O=C(Nc1ccc2c(c1)OCCO2)Nc1nnc2cccc(Cl)n12. The smallest absolute Gasteiger partial charge is 0.326 e. The van der Waals surface area contributed by atoms with Crippen LogP contribution in [0.3, 0.4) is 0 Å². The number of pyridine rings is 1. The fourth-order valence-corrected chi connectivity index (χ4v) is 2.61. The average molecular weight is 346 g/mol. The number of ether oxygens (including phenoxy) is 2. The molecular formula is C15H12ClN5O3. The Balaban J connectivity index is 1.52. The van der Waals surface area contributed by atoms with E-state index in [1.165, 1.54) is 4.40 Å². The van der Waals surface area contributed by atoms with Crippen LogP contribution >= 0.6 is 11.6 Å². The van der Waals surface area contributed by atoms with E-state index in [2.05, 4.69) is 20.8 Å². The van der Waals surface area contributed by atoms with Crippen molar-refractivity contribution < 1.29 is 14.3 Å². The van der Waals surface area contributed by atoms with Crippen molar-refractivity contribution >= 4 is 34.9 Å². The fraction of sp³-hybridized carbons (Fsp3) is 0.133. The number of nitrogens with one attached hydrogen (secondary N) is 2. The number of nitrogens with zero attached hydrogens (tertiary/aromatic N) is 3. The largest absolute Gasteiger partial charge is 0.486 e. The number of carbonyl (C=O) groups is 1. The van der Waals surface area contributed by atoms with Crippen molar-refractivity contribution in [2.45, 2.75) is 0 Å². The third-order valence-corrected chi connectivity index (χ3v) is 3.70. The molecule has 0 bridgehead atoms. The number of rotatable bonds is 2. The highest BCUT2D eigenvalue weighted by Gasteiger charge is 2.14. The molecule has 8 nitrogen and oxygen atoms in total. The van der Waals surface area contributed by atoms with Gasteiger partial charge in [-0.15, -0.1) is 10.2 Å². The van der Waals surface area contributed by atoms with Gasteiger partial charge in [-0.05, 0) is 24.3 Å². The van der Waals surface area contributed by atoms with Crippen LogP contribution in [0, 0.1) is 0 Å². The van der Waals surface area contributed by atoms with Crippen molar-refractivity contribution in [1.29, 1.82) is 0 Å². The summed E-state index contributed by atoms with van der Waals surface area (Å²) in [5.74, 6) is 1.48. The average Bonchev–Trinajstić information content (AvgIpc) is 2.99. The molecule has 0 radical (unpaired) electrons. The third-order valence-electron chi connectivity index (χ3n) is 3.41. The maximum absolute atomic E-state index is 12.2. The van der Waals surface area contributed by atoms with Crippen molar-refractivity contribution in [3.63, 3.8) is 0 Å². The molecule has 0 aliphatic carbocycles. The molecule has 24 heavy (non-hydrogen) atoms. The zero-order valence-electron chi connectivity index (χ0n) is 12.3. The summed E-state index contributed by atoms with van der Waals surface area (Å²) >= 11 is 6.11. The highest BCUT2D eigenvalue weighted by molar-refractivity contribution is 6.30. The molecule has 0 spiro atoms. The fourth-order valence-electron chi connectivity index (χ4n) is 2.37. The van der Waals surface area contributed by atoms with Gasteiger partial charge >= 0.3 is 6.03 Å². The van der Waals surface area contributed by atoms with Crippen LogP contribution in [0.5, 0.6) is 11.5 Å². The van der Waals surface area contributed by atoms with E-state index in [4.69, 9.17) is 21.1 Å². The minimum atomic E-state index is -0.471. The number of carbonyl (C=O) groups excluding carboxylic acids is 1. The molecule has 0 unspecified atom stereocenters. The summed E-state index contributed by atoms with van der Waals surface area (Å²) in [6, 6.07) is 9.87. The first-order chi connectivity index (χ1) is 11.7. The number of benzene rings is 1. The molecule has 1 aromatic carbocycles. The lowest BCUT2D eigenvalue weighted by Crippen LogP contribution is -2.21. The minimum absolute atomic E-state index is 0.227. The van der Waals surface area contributed by atoms with Crippen LogP contribution in [-0.4, -0.2) is 33.8 Å². The Morgan fingerprint density at radius 1 is 1.08 bits per heavy atom. The highest BCUT2D eigenvalue weighted by atomic mass is 35.5. The number of aromatic nitrogens is 3. The Hall–Kier alpha value is -3.00. The van der Waals surface area contributed by atoms with Gasteiger partial charge < -0.3 is 14.8 Å². The van der Waals surface area contributed by atoms with Gasteiger partial charge in [0.05, 0.1) is 0 Å². The van der Waals surface area contributed by atoms with E-state index >= 15 is 0 Å². The van der Waals surface area contributed by atoms with Gasteiger partial charge in [0, 0.05) is 11.8 Å². The molecule has 122 valence electrons. The molecule has 3 aromatic rings. The zero-order chi connectivity index (χ0) is 16.5. The summed E-state index contributed by atoms with van der Waals surface area (Å²) in [5.41, 5.74) is 1.11. The topological polar surface area (TPSA) is 89.8 Å². The van der Waals surface area contributed by atoms with E-state index in [1.807, 2.05) is 0 Å². The Morgan fingerprint density at radius 3 is 2.79 bits per heavy atom. The Bertz CT molecular complexity index is 927. The van der Waals surface area contributed by atoms with Gasteiger partial charge in [-0.25, -0.2) is 4.79 Å². The van der Waals surface area contributed by atoms with Crippen molar-refractivity contribution in [3.8, 4) is 11.5 Å². The first-order valence-electron chi connectivity index (χ1n) is 7.18. The third kappa shape index (κ3) is 2.67. The Labute approximate surface area is 141 Å². The maximum Gasteiger partial charge on any atom is 0.326 e. The number of amides is 2. The lowest BCUT2D eigenvalue weighted by molar-refractivity contribution is 0.171. The second-order valence-corrected chi connectivity index (χ2v) is 5.39. The number of hydrogen-bond acceptors (Lipinski definition) is 5. The molecule has 0 atom stereocenters. The standard InChI is InChI=1S/C15H12ClN5O3/c16-12-2-1-3-13-19-20-14(21(12)13)18-15(22)17-9-4-5-10-11(8-9)24-7-6-23-10/h1-5,8H,6-7H2,(H2,17,18,20,22).